The first-order valence-corrected chi connectivity index (χ1v) is 9.09. The van der Waals surface area contributed by atoms with E-state index in [9.17, 15) is 0 Å². The summed E-state index contributed by atoms with van der Waals surface area (Å²) in [5.74, 6) is 1.09. The fourth-order valence-electron chi connectivity index (χ4n) is 3.41. The SMILES string of the molecule is CCc1oc2c(CCN(CC)CC)cccc2c1-c1ccccc1. The summed E-state index contributed by atoms with van der Waals surface area (Å²) >= 11 is 0. The van der Waals surface area contributed by atoms with Crippen LogP contribution in [0.2, 0.25) is 0 Å². The Kier molecular flexibility index (Phi) is 5.37. The largest absolute Gasteiger partial charge is 0.460 e. The molecule has 3 aromatic rings. The zero-order valence-corrected chi connectivity index (χ0v) is 15.0. The molecule has 126 valence electrons. The first-order chi connectivity index (χ1) is 11.8. The maximum absolute atomic E-state index is 6.31. The maximum atomic E-state index is 6.31. The molecule has 0 atom stereocenters. The van der Waals surface area contributed by atoms with E-state index in [0.717, 1.165) is 43.8 Å². The van der Waals surface area contributed by atoms with Gasteiger partial charge in [0.15, 0.2) is 0 Å². The summed E-state index contributed by atoms with van der Waals surface area (Å²) in [5.41, 5.74) is 4.89. The van der Waals surface area contributed by atoms with E-state index in [0.29, 0.717) is 0 Å². The van der Waals surface area contributed by atoms with E-state index in [1.165, 1.54) is 22.1 Å². The van der Waals surface area contributed by atoms with Gasteiger partial charge in [-0.05, 0) is 30.6 Å². The first-order valence-electron chi connectivity index (χ1n) is 9.09. The third-order valence-electron chi connectivity index (χ3n) is 4.85. The van der Waals surface area contributed by atoms with Crippen molar-refractivity contribution < 1.29 is 4.42 Å². The average molecular weight is 321 g/mol. The van der Waals surface area contributed by atoms with Crippen molar-refractivity contribution >= 4 is 11.0 Å². The van der Waals surface area contributed by atoms with Crippen molar-refractivity contribution in [1.29, 1.82) is 0 Å². The number of hydrogen-bond donors (Lipinski definition) is 0. The number of hydrogen-bond acceptors (Lipinski definition) is 2. The zero-order chi connectivity index (χ0) is 16.9. The fourth-order valence-corrected chi connectivity index (χ4v) is 3.41. The quantitative estimate of drug-likeness (QED) is 0.567. The minimum absolute atomic E-state index is 0.911. The highest BCUT2D eigenvalue weighted by atomic mass is 16.3. The number of nitrogens with zero attached hydrogens (tertiary/aromatic N) is 1. The molecule has 3 rings (SSSR count). The minimum Gasteiger partial charge on any atom is -0.460 e. The van der Waals surface area contributed by atoms with E-state index >= 15 is 0 Å². The third-order valence-corrected chi connectivity index (χ3v) is 4.85. The topological polar surface area (TPSA) is 16.4 Å². The number of likely N-dealkylation sites (N-methyl/N-ethyl adjacent to an activating group) is 1. The molecular formula is C22H27NO. The van der Waals surface area contributed by atoms with E-state index in [4.69, 9.17) is 4.42 Å². The number of fused-ring (bicyclic) bond motifs is 1. The van der Waals surface area contributed by atoms with Crippen LogP contribution < -0.4 is 0 Å². The van der Waals surface area contributed by atoms with Gasteiger partial charge in [0, 0.05) is 23.9 Å². The van der Waals surface area contributed by atoms with Crippen molar-refractivity contribution in [1.82, 2.24) is 4.90 Å². The highest BCUT2D eigenvalue weighted by molar-refractivity contribution is 5.97. The van der Waals surface area contributed by atoms with Crippen LogP contribution in [0.1, 0.15) is 32.1 Å². The molecule has 1 aromatic heterocycles. The van der Waals surface area contributed by atoms with Crippen molar-refractivity contribution in [2.75, 3.05) is 19.6 Å². The number of furan rings is 1. The van der Waals surface area contributed by atoms with Crippen LogP contribution in [0.15, 0.2) is 52.9 Å². The number of benzene rings is 2. The van der Waals surface area contributed by atoms with Crippen LogP contribution in [-0.2, 0) is 12.8 Å². The Morgan fingerprint density at radius 2 is 1.62 bits per heavy atom. The van der Waals surface area contributed by atoms with E-state index in [2.05, 4.69) is 74.2 Å². The molecular weight excluding hydrogens is 294 g/mol. The highest BCUT2D eigenvalue weighted by Gasteiger charge is 2.17. The second-order valence-corrected chi connectivity index (χ2v) is 6.19. The van der Waals surface area contributed by atoms with Gasteiger partial charge in [-0.3, -0.25) is 0 Å². The van der Waals surface area contributed by atoms with Crippen molar-refractivity contribution in [3.8, 4) is 11.1 Å². The van der Waals surface area contributed by atoms with Gasteiger partial charge in [0.25, 0.3) is 0 Å². The Bertz CT molecular complexity index is 784. The fraction of sp³-hybridized carbons (Fsp3) is 0.364. The summed E-state index contributed by atoms with van der Waals surface area (Å²) < 4.78 is 6.31. The molecule has 0 aliphatic heterocycles. The molecule has 0 bridgehead atoms. The van der Waals surface area contributed by atoms with Gasteiger partial charge in [0.2, 0.25) is 0 Å². The Morgan fingerprint density at radius 3 is 2.29 bits per heavy atom. The lowest BCUT2D eigenvalue weighted by atomic mass is 9.99. The Hall–Kier alpha value is -2.06. The van der Waals surface area contributed by atoms with E-state index in [1.807, 2.05) is 0 Å². The summed E-state index contributed by atoms with van der Waals surface area (Å²) in [6.45, 7) is 9.88. The van der Waals surface area contributed by atoms with Gasteiger partial charge in [-0.2, -0.15) is 0 Å². The van der Waals surface area contributed by atoms with Gasteiger partial charge in [0.1, 0.15) is 11.3 Å². The van der Waals surface area contributed by atoms with E-state index < -0.39 is 0 Å². The molecule has 0 unspecified atom stereocenters. The Morgan fingerprint density at radius 1 is 0.875 bits per heavy atom. The molecule has 0 saturated heterocycles. The molecule has 0 radical (unpaired) electrons. The summed E-state index contributed by atoms with van der Waals surface area (Å²) in [7, 11) is 0. The average Bonchev–Trinajstić information content (AvgIpc) is 3.02. The molecule has 2 aromatic carbocycles. The minimum atomic E-state index is 0.911. The normalized spacial score (nSPS) is 11.5. The van der Waals surface area contributed by atoms with Crippen LogP contribution in [0.3, 0.4) is 0 Å². The number of para-hydroxylation sites is 1. The molecule has 0 amide bonds. The van der Waals surface area contributed by atoms with Crippen LogP contribution >= 0.6 is 0 Å². The summed E-state index contributed by atoms with van der Waals surface area (Å²) in [5, 5.41) is 1.25. The summed E-state index contributed by atoms with van der Waals surface area (Å²) in [6, 6.07) is 17.2. The summed E-state index contributed by atoms with van der Waals surface area (Å²) in [4.78, 5) is 2.46. The second kappa shape index (κ2) is 7.67. The lowest BCUT2D eigenvalue weighted by Crippen LogP contribution is -2.25. The second-order valence-electron chi connectivity index (χ2n) is 6.19. The molecule has 0 N–H and O–H groups in total. The molecule has 0 spiro atoms. The molecule has 2 heteroatoms. The Balaban J connectivity index is 2.04. The first kappa shape index (κ1) is 16.8. The standard InChI is InChI=1S/C22H27NO/c1-4-20-21(17-11-8-7-9-12-17)19-14-10-13-18(22(19)24-20)15-16-23(5-2)6-3/h7-14H,4-6,15-16H2,1-3H3. The highest BCUT2D eigenvalue weighted by Crippen LogP contribution is 2.36. The number of aryl methyl sites for hydroxylation is 1. The molecule has 0 saturated carbocycles. The van der Waals surface area contributed by atoms with Gasteiger partial charge < -0.3 is 9.32 Å². The lowest BCUT2D eigenvalue weighted by Gasteiger charge is -2.17. The molecule has 0 fully saturated rings. The predicted molar refractivity (Wildman–Crippen MR) is 103 cm³/mol. The van der Waals surface area contributed by atoms with Gasteiger partial charge in [-0.1, -0.05) is 69.3 Å². The van der Waals surface area contributed by atoms with Crippen molar-refractivity contribution in [3.63, 3.8) is 0 Å². The third kappa shape index (κ3) is 3.25. The van der Waals surface area contributed by atoms with Gasteiger partial charge in [-0.25, -0.2) is 0 Å². The predicted octanol–water partition coefficient (Wildman–Crippen LogP) is 5.55. The van der Waals surface area contributed by atoms with Gasteiger partial charge >= 0.3 is 0 Å². The Labute approximate surface area is 145 Å². The van der Waals surface area contributed by atoms with E-state index in [1.54, 1.807) is 0 Å². The molecule has 0 aliphatic rings. The van der Waals surface area contributed by atoms with Crippen LogP contribution in [0.4, 0.5) is 0 Å². The van der Waals surface area contributed by atoms with Crippen molar-refractivity contribution in [2.45, 2.75) is 33.6 Å². The van der Waals surface area contributed by atoms with Crippen LogP contribution in [-0.4, -0.2) is 24.5 Å². The van der Waals surface area contributed by atoms with Crippen LogP contribution in [0.5, 0.6) is 0 Å². The van der Waals surface area contributed by atoms with E-state index in [-0.39, 0.29) is 0 Å². The smallest absolute Gasteiger partial charge is 0.138 e. The van der Waals surface area contributed by atoms with Crippen molar-refractivity contribution in [2.24, 2.45) is 0 Å². The molecule has 2 nitrogen and oxygen atoms in total. The molecule has 24 heavy (non-hydrogen) atoms. The van der Waals surface area contributed by atoms with Crippen LogP contribution in [0.25, 0.3) is 22.1 Å². The van der Waals surface area contributed by atoms with Gasteiger partial charge in [-0.15, -0.1) is 0 Å². The van der Waals surface area contributed by atoms with Gasteiger partial charge in [0.05, 0.1) is 0 Å². The van der Waals surface area contributed by atoms with Crippen LogP contribution in [0, 0.1) is 0 Å². The van der Waals surface area contributed by atoms with Crippen molar-refractivity contribution in [3.05, 3.63) is 59.9 Å². The summed E-state index contributed by atoms with van der Waals surface area (Å²) in [6.07, 6.45) is 1.94. The lowest BCUT2D eigenvalue weighted by molar-refractivity contribution is 0.308. The monoisotopic (exact) mass is 321 g/mol. The molecule has 1 heterocycles. The maximum Gasteiger partial charge on any atom is 0.138 e. The number of rotatable bonds is 7. The molecule has 0 aliphatic carbocycles. The zero-order valence-electron chi connectivity index (χ0n) is 15.0.